The lowest BCUT2D eigenvalue weighted by Crippen LogP contribution is -2.48. The lowest BCUT2D eigenvalue weighted by Gasteiger charge is -2.24. The van der Waals surface area contributed by atoms with E-state index < -0.39 is 15.4 Å². The minimum absolute atomic E-state index is 0.0364. The van der Waals surface area contributed by atoms with E-state index in [4.69, 9.17) is 9.47 Å². The summed E-state index contributed by atoms with van der Waals surface area (Å²) in [6.45, 7) is 5.23. The van der Waals surface area contributed by atoms with Gasteiger partial charge in [0.1, 0.15) is 0 Å². The molecule has 1 aromatic rings. The maximum Gasteiger partial charge on any atom is 0.258 e. The molecule has 6 nitrogen and oxygen atoms in total. The maximum atomic E-state index is 12.1. The van der Waals surface area contributed by atoms with Gasteiger partial charge in [-0.3, -0.25) is 4.79 Å². The molecule has 1 heterocycles. The number of hydrogen-bond acceptors (Lipinski definition) is 5. The van der Waals surface area contributed by atoms with Crippen molar-refractivity contribution in [3.8, 4) is 11.5 Å². The molecule has 7 heteroatoms. The number of carbonyl (C=O) groups is 1. The first-order chi connectivity index (χ1) is 11.3. The van der Waals surface area contributed by atoms with Crippen molar-refractivity contribution < 1.29 is 22.7 Å². The van der Waals surface area contributed by atoms with Gasteiger partial charge in [-0.1, -0.05) is 12.1 Å². The van der Waals surface area contributed by atoms with Crippen LogP contribution in [0.5, 0.6) is 11.5 Å². The highest BCUT2D eigenvalue weighted by atomic mass is 32.2. The molecule has 1 amide bonds. The van der Waals surface area contributed by atoms with Gasteiger partial charge in [-0.25, -0.2) is 8.42 Å². The van der Waals surface area contributed by atoms with Crippen LogP contribution < -0.4 is 14.8 Å². The van der Waals surface area contributed by atoms with Gasteiger partial charge in [-0.05, 0) is 37.5 Å². The molecule has 24 heavy (non-hydrogen) atoms. The Morgan fingerprint density at radius 2 is 2.17 bits per heavy atom. The number of nitrogens with one attached hydrogen (secondary N) is 1. The van der Waals surface area contributed by atoms with E-state index in [9.17, 15) is 13.2 Å². The average Bonchev–Trinajstić information content (AvgIpc) is 2.79. The number of sulfone groups is 1. The highest BCUT2D eigenvalue weighted by molar-refractivity contribution is 7.91. The number of benzene rings is 1. The maximum absolute atomic E-state index is 12.1. The van der Waals surface area contributed by atoms with E-state index in [1.165, 1.54) is 7.11 Å². The third-order valence-electron chi connectivity index (χ3n) is 3.91. The monoisotopic (exact) mass is 353 g/mol. The largest absolute Gasteiger partial charge is 0.493 e. The minimum atomic E-state index is -3.07. The molecule has 1 atom stereocenters. The molecular weight excluding hydrogens is 330 g/mol. The highest BCUT2D eigenvalue weighted by Crippen LogP contribution is 2.28. The molecule has 2 rings (SSSR count). The van der Waals surface area contributed by atoms with Crippen LogP contribution in [0, 0.1) is 0 Å². The number of rotatable bonds is 7. The van der Waals surface area contributed by atoms with Crippen molar-refractivity contribution in [1.82, 2.24) is 5.32 Å². The van der Waals surface area contributed by atoms with E-state index in [1.807, 2.05) is 12.1 Å². The normalized spacial score (nSPS) is 21.9. The van der Waals surface area contributed by atoms with Gasteiger partial charge in [0.25, 0.3) is 5.91 Å². The third-order valence-corrected chi connectivity index (χ3v) is 5.81. The molecule has 132 valence electrons. The third kappa shape index (κ3) is 4.74. The Kier molecular flexibility index (Phi) is 5.54. The second kappa shape index (κ2) is 7.25. The molecule has 0 radical (unpaired) electrons. The first-order valence-electron chi connectivity index (χ1n) is 7.69. The Bertz CT molecular complexity index is 728. The highest BCUT2D eigenvalue weighted by Gasteiger charge is 2.39. The SMILES string of the molecule is C=CCc1ccc(OCC(=O)N[C@]2(C)CCS(=O)(=O)C2)c(OC)c1. The molecule has 0 aromatic heterocycles. The van der Waals surface area contributed by atoms with Crippen LogP contribution in [0.15, 0.2) is 30.9 Å². The molecular formula is C17H23NO5S. The Balaban J connectivity index is 1.95. The molecule has 0 saturated carbocycles. The summed E-state index contributed by atoms with van der Waals surface area (Å²) in [4.78, 5) is 12.1. The van der Waals surface area contributed by atoms with E-state index in [0.29, 0.717) is 24.3 Å². The Morgan fingerprint density at radius 3 is 2.75 bits per heavy atom. The van der Waals surface area contributed by atoms with E-state index in [0.717, 1.165) is 5.56 Å². The van der Waals surface area contributed by atoms with Crippen molar-refractivity contribution in [2.75, 3.05) is 25.2 Å². The Morgan fingerprint density at radius 1 is 1.42 bits per heavy atom. The average molecular weight is 353 g/mol. The first kappa shape index (κ1) is 18.3. The lowest BCUT2D eigenvalue weighted by molar-refractivity contribution is -0.124. The van der Waals surface area contributed by atoms with Gasteiger partial charge in [-0.15, -0.1) is 6.58 Å². The zero-order valence-electron chi connectivity index (χ0n) is 14.0. The van der Waals surface area contributed by atoms with Gasteiger partial charge in [0.2, 0.25) is 0 Å². The summed E-state index contributed by atoms with van der Waals surface area (Å²) in [5.41, 5.74) is 0.305. The number of hydrogen-bond donors (Lipinski definition) is 1. The van der Waals surface area contributed by atoms with Crippen LogP contribution in [-0.4, -0.2) is 45.1 Å². The molecule has 0 unspecified atom stereocenters. The summed E-state index contributed by atoms with van der Waals surface area (Å²) in [6.07, 6.45) is 2.92. The molecule has 1 aromatic carbocycles. The van der Waals surface area contributed by atoms with Crippen molar-refractivity contribution in [2.24, 2.45) is 0 Å². The summed E-state index contributed by atoms with van der Waals surface area (Å²) in [7, 11) is -1.54. The predicted octanol–water partition coefficient (Wildman–Crippen LogP) is 1.50. The zero-order valence-corrected chi connectivity index (χ0v) is 14.8. The summed E-state index contributed by atoms with van der Waals surface area (Å²) in [5.74, 6) is 0.711. The Hall–Kier alpha value is -2.02. The van der Waals surface area contributed by atoms with Gasteiger partial charge in [0.15, 0.2) is 27.9 Å². The van der Waals surface area contributed by atoms with Gasteiger partial charge in [0, 0.05) is 0 Å². The smallest absolute Gasteiger partial charge is 0.258 e. The van der Waals surface area contributed by atoms with Crippen LogP contribution in [0.25, 0.3) is 0 Å². The van der Waals surface area contributed by atoms with Gasteiger partial charge in [-0.2, -0.15) is 0 Å². The van der Waals surface area contributed by atoms with Crippen LogP contribution in [0.1, 0.15) is 18.9 Å². The molecule has 0 bridgehead atoms. The van der Waals surface area contributed by atoms with Crippen molar-refractivity contribution in [1.29, 1.82) is 0 Å². The summed E-state index contributed by atoms with van der Waals surface area (Å²) >= 11 is 0. The predicted molar refractivity (Wildman–Crippen MR) is 92.2 cm³/mol. The fourth-order valence-electron chi connectivity index (χ4n) is 2.75. The molecule has 0 aliphatic carbocycles. The van der Waals surface area contributed by atoms with E-state index in [2.05, 4.69) is 11.9 Å². The van der Waals surface area contributed by atoms with Crippen LogP contribution in [0.3, 0.4) is 0 Å². The van der Waals surface area contributed by atoms with Crippen molar-refractivity contribution in [3.05, 3.63) is 36.4 Å². The van der Waals surface area contributed by atoms with E-state index in [1.54, 1.807) is 19.1 Å². The van der Waals surface area contributed by atoms with Crippen molar-refractivity contribution >= 4 is 15.7 Å². The fraction of sp³-hybridized carbons (Fsp3) is 0.471. The quantitative estimate of drug-likeness (QED) is 0.751. The molecule has 1 aliphatic rings. The first-order valence-corrected chi connectivity index (χ1v) is 9.51. The number of methoxy groups -OCH3 is 1. The molecule has 1 fully saturated rings. The van der Waals surface area contributed by atoms with Crippen molar-refractivity contribution in [2.45, 2.75) is 25.3 Å². The number of amides is 1. The second-order valence-corrected chi connectivity index (χ2v) is 8.40. The number of carbonyl (C=O) groups excluding carboxylic acids is 1. The summed E-state index contributed by atoms with van der Waals surface area (Å²) in [6, 6.07) is 5.45. The topological polar surface area (TPSA) is 81.7 Å². The summed E-state index contributed by atoms with van der Waals surface area (Å²) in [5, 5.41) is 2.75. The minimum Gasteiger partial charge on any atom is -0.493 e. The lowest BCUT2D eigenvalue weighted by atomic mass is 10.0. The van der Waals surface area contributed by atoms with Crippen LogP contribution in [-0.2, 0) is 21.1 Å². The Labute approximate surface area is 142 Å². The molecule has 0 spiro atoms. The molecule has 1 saturated heterocycles. The second-order valence-electron chi connectivity index (χ2n) is 6.22. The number of allylic oxidation sites excluding steroid dienone is 1. The zero-order chi connectivity index (χ0) is 17.8. The standard InChI is InChI=1S/C17H23NO5S/c1-4-5-13-6-7-14(15(10-13)22-3)23-11-16(19)18-17(2)8-9-24(20,21)12-17/h4,6-7,10H,1,5,8-9,11-12H2,2-3H3,(H,18,19)/t17-/m1/s1. The van der Waals surface area contributed by atoms with Crippen molar-refractivity contribution in [3.63, 3.8) is 0 Å². The summed E-state index contributed by atoms with van der Waals surface area (Å²) < 4.78 is 33.9. The van der Waals surface area contributed by atoms with E-state index >= 15 is 0 Å². The van der Waals surface area contributed by atoms with E-state index in [-0.39, 0.29) is 24.0 Å². The molecule has 1 N–H and O–H groups in total. The number of ether oxygens (including phenoxy) is 2. The van der Waals surface area contributed by atoms with Gasteiger partial charge in [0.05, 0.1) is 24.2 Å². The fourth-order valence-corrected chi connectivity index (χ4v) is 4.84. The van der Waals surface area contributed by atoms with Gasteiger partial charge >= 0.3 is 0 Å². The van der Waals surface area contributed by atoms with Gasteiger partial charge < -0.3 is 14.8 Å². The molecule has 1 aliphatic heterocycles. The van der Waals surface area contributed by atoms with Crippen LogP contribution in [0.4, 0.5) is 0 Å². The van der Waals surface area contributed by atoms with Crippen LogP contribution >= 0.6 is 0 Å². The van der Waals surface area contributed by atoms with Crippen LogP contribution in [0.2, 0.25) is 0 Å².